The third-order valence-electron chi connectivity index (χ3n) is 6.06. The maximum Gasteiger partial charge on any atom is 0.152 e. The standard InChI is InChI=1S/C28H31N3O5S/c1-21(2)28-19-25(30-36-28)18-26(32)17-23-5-3-22(4-6-23)7-8-24-9-10-27(20-29-24)35-14-11-31-12-15-37(33,34)16-13-31/h3-6,9-10,19-21H,11-18H2,1-2H3. The van der Waals surface area contributed by atoms with Crippen molar-refractivity contribution in [1.29, 1.82) is 0 Å². The van der Waals surface area contributed by atoms with Crippen LogP contribution in [-0.2, 0) is 27.5 Å². The van der Waals surface area contributed by atoms with Crippen molar-refractivity contribution in [2.75, 3.05) is 37.7 Å². The molecule has 0 amide bonds. The first-order chi connectivity index (χ1) is 17.8. The molecule has 0 bridgehead atoms. The molecule has 0 saturated carbocycles. The fourth-order valence-corrected chi connectivity index (χ4v) is 5.10. The van der Waals surface area contributed by atoms with Crippen LogP contribution in [0.1, 0.15) is 48.0 Å². The molecule has 4 rings (SSSR count). The van der Waals surface area contributed by atoms with Crippen LogP contribution in [0.2, 0.25) is 0 Å². The van der Waals surface area contributed by atoms with Gasteiger partial charge in [0.1, 0.15) is 29.6 Å². The summed E-state index contributed by atoms with van der Waals surface area (Å²) in [7, 11) is -2.87. The second-order valence-electron chi connectivity index (χ2n) is 9.44. The van der Waals surface area contributed by atoms with Crippen LogP contribution in [0.25, 0.3) is 0 Å². The van der Waals surface area contributed by atoms with Gasteiger partial charge in [0.05, 0.1) is 29.8 Å². The number of carbonyl (C=O) groups is 1. The Morgan fingerprint density at radius 1 is 1.08 bits per heavy atom. The van der Waals surface area contributed by atoms with Crippen LogP contribution in [0.15, 0.2) is 53.2 Å². The van der Waals surface area contributed by atoms with E-state index in [1.807, 2.05) is 50.2 Å². The Labute approximate surface area is 217 Å². The van der Waals surface area contributed by atoms with Crippen molar-refractivity contribution in [2.45, 2.75) is 32.6 Å². The van der Waals surface area contributed by atoms with E-state index in [4.69, 9.17) is 9.26 Å². The monoisotopic (exact) mass is 521 g/mol. The normalized spacial score (nSPS) is 15.2. The number of benzene rings is 1. The van der Waals surface area contributed by atoms with Crippen molar-refractivity contribution in [3.05, 3.63) is 76.9 Å². The lowest BCUT2D eigenvalue weighted by Crippen LogP contribution is -2.42. The predicted octanol–water partition coefficient (Wildman–Crippen LogP) is 3.06. The van der Waals surface area contributed by atoms with E-state index < -0.39 is 9.84 Å². The first-order valence-electron chi connectivity index (χ1n) is 12.4. The quantitative estimate of drug-likeness (QED) is 0.396. The van der Waals surface area contributed by atoms with Gasteiger partial charge in [-0.1, -0.05) is 37.1 Å². The summed E-state index contributed by atoms with van der Waals surface area (Å²) in [6, 6.07) is 13.1. The smallest absolute Gasteiger partial charge is 0.152 e. The van der Waals surface area contributed by atoms with E-state index in [-0.39, 0.29) is 29.6 Å². The number of sulfone groups is 1. The minimum atomic E-state index is -2.87. The van der Waals surface area contributed by atoms with Gasteiger partial charge in [0, 0.05) is 43.6 Å². The lowest BCUT2D eigenvalue weighted by Gasteiger charge is -2.26. The number of aromatic nitrogens is 2. The first-order valence-corrected chi connectivity index (χ1v) is 14.2. The van der Waals surface area contributed by atoms with E-state index in [0.29, 0.717) is 49.8 Å². The number of ketones is 1. The molecular weight excluding hydrogens is 490 g/mol. The predicted molar refractivity (Wildman–Crippen MR) is 140 cm³/mol. The second kappa shape index (κ2) is 12.2. The summed E-state index contributed by atoms with van der Waals surface area (Å²) in [6.45, 7) is 6.30. The number of ether oxygens (including phenoxy) is 1. The van der Waals surface area contributed by atoms with E-state index >= 15 is 0 Å². The van der Waals surface area contributed by atoms with Crippen molar-refractivity contribution in [2.24, 2.45) is 0 Å². The highest BCUT2D eigenvalue weighted by molar-refractivity contribution is 7.91. The molecule has 2 aromatic heterocycles. The Hall–Kier alpha value is -3.48. The Morgan fingerprint density at radius 3 is 2.49 bits per heavy atom. The zero-order valence-electron chi connectivity index (χ0n) is 21.1. The van der Waals surface area contributed by atoms with Crippen LogP contribution >= 0.6 is 0 Å². The topological polar surface area (TPSA) is 103 Å². The first kappa shape index (κ1) is 26.6. The summed E-state index contributed by atoms with van der Waals surface area (Å²) >= 11 is 0. The largest absolute Gasteiger partial charge is 0.491 e. The molecule has 3 heterocycles. The summed E-state index contributed by atoms with van der Waals surface area (Å²) in [6.07, 6.45) is 2.22. The summed E-state index contributed by atoms with van der Waals surface area (Å²) < 4.78 is 34.0. The zero-order chi connectivity index (χ0) is 26.3. The number of rotatable bonds is 9. The van der Waals surface area contributed by atoms with Gasteiger partial charge in [0.15, 0.2) is 9.84 Å². The van der Waals surface area contributed by atoms with Gasteiger partial charge in [-0.25, -0.2) is 13.4 Å². The third-order valence-corrected chi connectivity index (χ3v) is 7.67. The molecule has 3 aromatic rings. The minimum Gasteiger partial charge on any atom is -0.491 e. The van der Waals surface area contributed by atoms with Gasteiger partial charge >= 0.3 is 0 Å². The number of pyridine rings is 1. The molecule has 1 aliphatic heterocycles. The molecule has 0 unspecified atom stereocenters. The van der Waals surface area contributed by atoms with Gasteiger partial charge in [0.2, 0.25) is 0 Å². The molecule has 1 aromatic carbocycles. The molecule has 9 heteroatoms. The van der Waals surface area contributed by atoms with Crippen molar-refractivity contribution in [3.8, 4) is 17.6 Å². The minimum absolute atomic E-state index is 0.0813. The summed E-state index contributed by atoms with van der Waals surface area (Å²) in [4.78, 5) is 18.8. The van der Waals surface area contributed by atoms with E-state index in [9.17, 15) is 13.2 Å². The van der Waals surface area contributed by atoms with Crippen LogP contribution in [0.4, 0.5) is 0 Å². The fraction of sp³-hybridized carbons (Fsp3) is 0.393. The molecule has 0 radical (unpaired) electrons. The Kier molecular flexibility index (Phi) is 8.74. The van der Waals surface area contributed by atoms with E-state index in [1.54, 1.807) is 12.3 Å². The van der Waals surface area contributed by atoms with Gasteiger partial charge in [-0.3, -0.25) is 9.69 Å². The third kappa shape index (κ3) is 8.27. The Balaban J connectivity index is 1.22. The van der Waals surface area contributed by atoms with Crippen molar-refractivity contribution >= 4 is 15.6 Å². The van der Waals surface area contributed by atoms with Crippen LogP contribution in [0.3, 0.4) is 0 Å². The molecule has 0 N–H and O–H groups in total. The lowest BCUT2D eigenvalue weighted by atomic mass is 10.0. The average molecular weight is 522 g/mol. The summed E-state index contributed by atoms with van der Waals surface area (Å²) in [5.74, 6) is 8.32. The van der Waals surface area contributed by atoms with E-state index in [0.717, 1.165) is 16.9 Å². The van der Waals surface area contributed by atoms with Gasteiger partial charge in [-0.05, 0) is 35.7 Å². The van der Waals surface area contributed by atoms with E-state index in [1.165, 1.54) is 0 Å². The highest BCUT2D eigenvalue weighted by atomic mass is 32.2. The van der Waals surface area contributed by atoms with Crippen molar-refractivity contribution < 1.29 is 22.5 Å². The van der Waals surface area contributed by atoms with Gasteiger partial charge < -0.3 is 9.26 Å². The maximum atomic E-state index is 12.4. The maximum absolute atomic E-state index is 12.4. The van der Waals surface area contributed by atoms with Crippen LogP contribution in [-0.4, -0.2) is 67.0 Å². The number of Topliss-reactive ketones (excluding diaryl/α,β-unsaturated/α-hetero) is 1. The lowest BCUT2D eigenvalue weighted by molar-refractivity contribution is -0.117. The Morgan fingerprint density at radius 2 is 1.84 bits per heavy atom. The van der Waals surface area contributed by atoms with Gasteiger partial charge in [-0.2, -0.15) is 0 Å². The number of nitrogens with zero attached hydrogens (tertiary/aromatic N) is 3. The van der Waals surface area contributed by atoms with Crippen LogP contribution < -0.4 is 4.74 Å². The Bertz CT molecular complexity index is 1350. The molecular formula is C28H31N3O5S. The molecule has 37 heavy (non-hydrogen) atoms. The van der Waals surface area contributed by atoms with Crippen molar-refractivity contribution in [3.63, 3.8) is 0 Å². The molecule has 8 nitrogen and oxygen atoms in total. The van der Waals surface area contributed by atoms with Crippen molar-refractivity contribution in [1.82, 2.24) is 15.0 Å². The number of carbonyl (C=O) groups excluding carboxylic acids is 1. The highest BCUT2D eigenvalue weighted by Gasteiger charge is 2.21. The molecule has 0 aliphatic carbocycles. The molecule has 1 aliphatic rings. The van der Waals surface area contributed by atoms with Gasteiger partial charge in [-0.15, -0.1) is 0 Å². The molecule has 1 fully saturated rings. The highest BCUT2D eigenvalue weighted by Crippen LogP contribution is 2.16. The summed E-state index contributed by atoms with van der Waals surface area (Å²) in [5, 5.41) is 3.98. The average Bonchev–Trinajstić information content (AvgIpc) is 3.34. The molecule has 0 spiro atoms. The van der Waals surface area contributed by atoms with Crippen LogP contribution in [0.5, 0.6) is 5.75 Å². The molecule has 0 atom stereocenters. The molecule has 194 valence electrons. The van der Waals surface area contributed by atoms with Crippen LogP contribution in [0, 0.1) is 11.8 Å². The second-order valence-corrected chi connectivity index (χ2v) is 11.7. The molecule has 1 saturated heterocycles. The number of hydrogen-bond acceptors (Lipinski definition) is 8. The fourth-order valence-electron chi connectivity index (χ4n) is 3.82. The van der Waals surface area contributed by atoms with E-state index in [2.05, 4.69) is 26.9 Å². The van der Waals surface area contributed by atoms with Gasteiger partial charge in [0.25, 0.3) is 0 Å². The zero-order valence-corrected chi connectivity index (χ0v) is 22.0. The SMILES string of the molecule is CC(C)c1cc(CC(=O)Cc2ccc(C#Cc3ccc(OCCN4CCS(=O)(=O)CC4)cn3)cc2)no1. The number of hydrogen-bond donors (Lipinski definition) is 0. The summed E-state index contributed by atoms with van der Waals surface area (Å²) in [5.41, 5.74) is 3.05.